The second kappa shape index (κ2) is 11.7. The van der Waals surface area contributed by atoms with Crippen molar-refractivity contribution in [2.24, 2.45) is 5.92 Å². The molecule has 1 aliphatic heterocycles. The number of H-pyrrole nitrogens is 1. The molecule has 2 atom stereocenters. The normalized spacial score (nSPS) is 19.5. The van der Waals surface area contributed by atoms with E-state index in [4.69, 9.17) is 0 Å². The first kappa shape index (κ1) is 25.2. The van der Waals surface area contributed by atoms with E-state index in [1.165, 1.54) is 6.42 Å². The second-order valence-electron chi connectivity index (χ2n) is 10.1. The van der Waals surface area contributed by atoms with Crippen molar-refractivity contribution in [2.75, 3.05) is 18.5 Å². The van der Waals surface area contributed by atoms with Gasteiger partial charge in [-0.2, -0.15) is 5.10 Å². The molecular formula is C27H39N5O3. The summed E-state index contributed by atoms with van der Waals surface area (Å²) < 4.78 is 0. The van der Waals surface area contributed by atoms with Crippen LogP contribution in [0.25, 0.3) is 11.1 Å². The highest BCUT2D eigenvalue weighted by Gasteiger charge is 2.35. The Morgan fingerprint density at radius 1 is 1.11 bits per heavy atom. The van der Waals surface area contributed by atoms with Crippen LogP contribution in [0.3, 0.4) is 0 Å². The first-order chi connectivity index (χ1) is 17.0. The molecule has 1 saturated heterocycles. The Kier molecular flexibility index (Phi) is 8.44. The van der Waals surface area contributed by atoms with Crippen LogP contribution in [-0.2, 0) is 4.79 Å². The number of aromatic amines is 1. The summed E-state index contributed by atoms with van der Waals surface area (Å²) >= 11 is 0. The van der Waals surface area contributed by atoms with Gasteiger partial charge in [0, 0.05) is 36.1 Å². The quantitative estimate of drug-likeness (QED) is 0.444. The summed E-state index contributed by atoms with van der Waals surface area (Å²) in [7, 11) is 0. The number of benzene rings is 1. The van der Waals surface area contributed by atoms with Gasteiger partial charge < -0.3 is 20.6 Å². The topological polar surface area (TPSA) is 110 Å². The van der Waals surface area contributed by atoms with E-state index < -0.39 is 6.04 Å². The standard InChI is InChI=1S/C27H39N5O3/c1-18-24(19(2)31-30-18)20-12-14-22(15-13-20)28-26(34)25(21-8-4-3-5-9-21)29-27(35)32-16-6-10-23(32)11-7-17-33/h12-15,21,23,25,33H,3-11,16-17H2,1-2H3,(H,28,34)(H,29,35)(H,30,31). The van der Waals surface area contributed by atoms with Crippen LogP contribution in [-0.4, -0.2) is 57.4 Å². The third kappa shape index (κ3) is 6.04. The van der Waals surface area contributed by atoms with E-state index in [1.54, 1.807) is 0 Å². The first-order valence-electron chi connectivity index (χ1n) is 13.1. The lowest BCUT2D eigenvalue weighted by molar-refractivity contribution is -0.119. The molecule has 2 fully saturated rings. The lowest BCUT2D eigenvalue weighted by Gasteiger charge is -2.33. The van der Waals surface area contributed by atoms with Crippen LogP contribution < -0.4 is 10.6 Å². The number of nitrogens with zero attached hydrogens (tertiary/aromatic N) is 2. The number of aliphatic hydroxyl groups excluding tert-OH is 1. The molecule has 0 radical (unpaired) electrons. The number of aryl methyl sites for hydroxylation is 2. The number of hydrogen-bond acceptors (Lipinski definition) is 4. The average Bonchev–Trinajstić information content (AvgIpc) is 3.48. The van der Waals surface area contributed by atoms with E-state index in [0.29, 0.717) is 13.0 Å². The molecule has 2 unspecified atom stereocenters. The molecule has 4 rings (SSSR count). The summed E-state index contributed by atoms with van der Waals surface area (Å²) in [5, 5.41) is 22.6. The Bertz CT molecular complexity index is 977. The van der Waals surface area contributed by atoms with Gasteiger partial charge in [-0.25, -0.2) is 4.79 Å². The summed E-state index contributed by atoms with van der Waals surface area (Å²) in [4.78, 5) is 28.5. The number of carbonyl (C=O) groups excluding carboxylic acids is 2. The second-order valence-corrected chi connectivity index (χ2v) is 10.1. The number of urea groups is 1. The van der Waals surface area contributed by atoms with E-state index in [9.17, 15) is 14.7 Å². The summed E-state index contributed by atoms with van der Waals surface area (Å²) in [6.07, 6.45) is 8.66. The van der Waals surface area contributed by atoms with Crippen LogP contribution >= 0.6 is 0 Å². The van der Waals surface area contributed by atoms with Crippen molar-refractivity contribution in [2.45, 2.75) is 83.7 Å². The maximum atomic E-state index is 13.4. The Hall–Kier alpha value is -2.87. The van der Waals surface area contributed by atoms with Crippen LogP contribution in [0.2, 0.25) is 0 Å². The predicted octanol–water partition coefficient (Wildman–Crippen LogP) is 4.53. The van der Waals surface area contributed by atoms with Crippen molar-refractivity contribution in [3.05, 3.63) is 35.7 Å². The third-order valence-corrected chi connectivity index (χ3v) is 7.59. The molecule has 2 heterocycles. The minimum Gasteiger partial charge on any atom is -0.396 e. The van der Waals surface area contributed by atoms with E-state index in [1.807, 2.05) is 43.0 Å². The van der Waals surface area contributed by atoms with Gasteiger partial charge in [0.25, 0.3) is 0 Å². The molecule has 1 aliphatic carbocycles. The Morgan fingerprint density at radius 2 is 1.86 bits per heavy atom. The number of nitrogens with one attached hydrogen (secondary N) is 3. The summed E-state index contributed by atoms with van der Waals surface area (Å²) in [5.74, 6) is -0.0125. The molecular weight excluding hydrogens is 442 g/mol. The maximum Gasteiger partial charge on any atom is 0.318 e. The Morgan fingerprint density at radius 3 is 2.51 bits per heavy atom. The maximum absolute atomic E-state index is 13.4. The zero-order chi connectivity index (χ0) is 24.8. The van der Waals surface area contributed by atoms with E-state index in [0.717, 1.165) is 73.1 Å². The van der Waals surface area contributed by atoms with E-state index in [2.05, 4.69) is 20.8 Å². The summed E-state index contributed by atoms with van der Waals surface area (Å²) in [6, 6.07) is 7.22. The molecule has 0 spiro atoms. The van der Waals surface area contributed by atoms with Gasteiger partial charge >= 0.3 is 6.03 Å². The molecule has 4 N–H and O–H groups in total. The number of anilines is 1. The number of rotatable bonds is 8. The van der Waals surface area contributed by atoms with Gasteiger partial charge in [-0.05, 0) is 76.0 Å². The molecule has 1 aromatic carbocycles. The zero-order valence-electron chi connectivity index (χ0n) is 21.0. The van der Waals surface area contributed by atoms with Gasteiger partial charge in [0.2, 0.25) is 5.91 Å². The number of aromatic nitrogens is 2. The molecule has 1 aromatic heterocycles. The molecule has 35 heavy (non-hydrogen) atoms. The number of amides is 3. The van der Waals surface area contributed by atoms with Gasteiger partial charge in [0.15, 0.2) is 0 Å². The van der Waals surface area contributed by atoms with Crippen molar-refractivity contribution >= 4 is 17.6 Å². The summed E-state index contributed by atoms with van der Waals surface area (Å²) in [5.41, 5.74) is 4.80. The lowest BCUT2D eigenvalue weighted by Crippen LogP contribution is -2.54. The highest BCUT2D eigenvalue weighted by Crippen LogP contribution is 2.29. The smallest absolute Gasteiger partial charge is 0.318 e. The van der Waals surface area contributed by atoms with Crippen LogP contribution in [0, 0.1) is 19.8 Å². The lowest BCUT2D eigenvalue weighted by atomic mass is 9.83. The molecule has 8 nitrogen and oxygen atoms in total. The van der Waals surface area contributed by atoms with Crippen molar-refractivity contribution < 1.29 is 14.7 Å². The molecule has 2 aliphatic rings. The van der Waals surface area contributed by atoms with Gasteiger partial charge in [-0.15, -0.1) is 0 Å². The molecule has 2 aromatic rings. The minimum absolute atomic E-state index is 0.136. The number of aliphatic hydroxyl groups is 1. The molecule has 0 bridgehead atoms. The van der Waals surface area contributed by atoms with Crippen molar-refractivity contribution in [1.82, 2.24) is 20.4 Å². The first-order valence-corrected chi connectivity index (χ1v) is 13.1. The zero-order valence-corrected chi connectivity index (χ0v) is 21.0. The highest BCUT2D eigenvalue weighted by molar-refractivity contribution is 5.97. The number of likely N-dealkylation sites (tertiary alicyclic amines) is 1. The SMILES string of the molecule is Cc1n[nH]c(C)c1-c1ccc(NC(=O)C(NC(=O)N2CCCC2CCCO)C2CCCCC2)cc1. The van der Waals surface area contributed by atoms with E-state index >= 15 is 0 Å². The predicted molar refractivity (Wildman–Crippen MR) is 137 cm³/mol. The number of carbonyl (C=O) groups is 2. The highest BCUT2D eigenvalue weighted by atomic mass is 16.3. The van der Waals surface area contributed by atoms with Crippen LogP contribution in [0.4, 0.5) is 10.5 Å². The minimum atomic E-state index is -0.556. The third-order valence-electron chi connectivity index (χ3n) is 7.59. The van der Waals surface area contributed by atoms with Gasteiger partial charge in [0.05, 0.1) is 5.69 Å². The monoisotopic (exact) mass is 481 g/mol. The van der Waals surface area contributed by atoms with Crippen LogP contribution in [0.1, 0.15) is 69.2 Å². The fraction of sp³-hybridized carbons (Fsp3) is 0.593. The molecule has 8 heteroatoms. The summed E-state index contributed by atoms with van der Waals surface area (Å²) in [6.45, 7) is 4.81. The fourth-order valence-electron chi connectivity index (χ4n) is 5.73. The van der Waals surface area contributed by atoms with Crippen molar-refractivity contribution in [1.29, 1.82) is 0 Å². The van der Waals surface area contributed by atoms with Crippen molar-refractivity contribution in [3.8, 4) is 11.1 Å². The average molecular weight is 482 g/mol. The Labute approximate surface area is 207 Å². The largest absolute Gasteiger partial charge is 0.396 e. The molecule has 3 amide bonds. The van der Waals surface area contributed by atoms with Gasteiger partial charge in [-0.3, -0.25) is 9.89 Å². The van der Waals surface area contributed by atoms with Crippen LogP contribution in [0.5, 0.6) is 0 Å². The Balaban J connectivity index is 1.45. The van der Waals surface area contributed by atoms with E-state index in [-0.39, 0.29) is 30.5 Å². The van der Waals surface area contributed by atoms with Gasteiger partial charge in [-0.1, -0.05) is 31.4 Å². The molecule has 1 saturated carbocycles. The van der Waals surface area contributed by atoms with Gasteiger partial charge in [0.1, 0.15) is 6.04 Å². The van der Waals surface area contributed by atoms with Crippen LogP contribution in [0.15, 0.2) is 24.3 Å². The number of hydrogen-bond donors (Lipinski definition) is 4. The van der Waals surface area contributed by atoms with Crippen molar-refractivity contribution in [3.63, 3.8) is 0 Å². The molecule has 190 valence electrons. The fourth-order valence-corrected chi connectivity index (χ4v) is 5.73.